The summed E-state index contributed by atoms with van der Waals surface area (Å²) in [5.74, 6) is 0. The Morgan fingerprint density at radius 3 is 2.93 bits per heavy atom. The molecule has 2 nitrogen and oxygen atoms in total. The molecule has 2 aromatic rings. The normalized spacial score (nSPS) is 11.1. The monoisotopic (exact) mass is 272 g/mol. The molecule has 14 heavy (non-hydrogen) atoms. The van der Waals surface area contributed by atoms with Gasteiger partial charge in [0.1, 0.15) is 0 Å². The predicted molar refractivity (Wildman–Crippen MR) is 63.7 cm³/mol. The summed E-state index contributed by atoms with van der Waals surface area (Å²) in [5.41, 5.74) is 6.58. The summed E-state index contributed by atoms with van der Waals surface area (Å²) in [4.78, 5) is 0. The molecule has 0 fully saturated rings. The molecule has 0 unspecified atom stereocenters. The molecular weight excluding hydrogens is 263 g/mol. The van der Waals surface area contributed by atoms with Gasteiger partial charge in [-0.2, -0.15) is 0 Å². The van der Waals surface area contributed by atoms with Gasteiger partial charge in [-0.25, -0.2) is 0 Å². The van der Waals surface area contributed by atoms with E-state index in [4.69, 9.17) is 17.3 Å². The van der Waals surface area contributed by atoms with Crippen molar-refractivity contribution in [3.63, 3.8) is 0 Å². The molecule has 0 aliphatic heterocycles. The van der Waals surface area contributed by atoms with Gasteiger partial charge in [-0.05, 0) is 22.0 Å². The van der Waals surface area contributed by atoms with E-state index >= 15 is 0 Å². The van der Waals surface area contributed by atoms with E-state index < -0.39 is 0 Å². The topological polar surface area (TPSA) is 30.9 Å². The van der Waals surface area contributed by atoms with Crippen molar-refractivity contribution in [1.29, 1.82) is 0 Å². The van der Waals surface area contributed by atoms with Crippen LogP contribution in [-0.2, 0) is 6.54 Å². The van der Waals surface area contributed by atoms with E-state index in [1.54, 1.807) is 0 Å². The van der Waals surface area contributed by atoms with Gasteiger partial charge in [0.15, 0.2) is 0 Å². The third kappa shape index (κ3) is 1.56. The Kier molecular flexibility index (Phi) is 2.81. The Morgan fingerprint density at radius 1 is 1.43 bits per heavy atom. The Hall–Kier alpha value is -0.510. The highest BCUT2D eigenvalue weighted by Crippen LogP contribution is 2.30. The Morgan fingerprint density at radius 2 is 2.21 bits per heavy atom. The second-order valence-electron chi connectivity index (χ2n) is 3.10. The first-order valence-electron chi connectivity index (χ1n) is 4.37. The predicted octanol–water partition coefficient (Wildman–Crippen LogP) is 3.02. The average molecular weight is 274 g/mol. The highest BCUT2D eigenvalue weighted by molar-refractivity contribution is 9.10. The molecule has 4 heteroatoms. The molecule has 0 aliphatic rings. The molecule has 0 bridgehead atoms. The fraction of sp³-hybridized carbons (Fsp3) is 0.200. The third-order valence-electron chi connectivity index (χ3n) is 2.17. The number of nitrogens with two attached hydrogens (primary N) is 1. The highest BCUT2D eigenvalue weighted by Gasteiger charge is 2.08. The molecule has 0 saturated heterocycles. The van der Waals surface area contributed by atoms with E-state index in [1.807, 2.05) is 24.4 Å². The lowest BCUT2D eigenvalue weighted by Gasteiger charge is -2.03. The van der Waals surface area contributed by atoms with Crippen molar-refractivity contribution in [1.82, 2.24) is 4.57 Å². The lowest BCUT2D eigenvalue weighted by molar-refractivity contribution is 0.734. The first kappa shape index (κ1) is 10.0. The van der Waals surface area contributed by atoms with Crippen molar-refractivity contribution in [2.75, 3.05) is 6.54 Å². The van der Waals surface area contributed by atoms with Crippen molar-refractivity contribution in [2.45, 2.75) is 6.54 Å². The minimum atomic E-state index is 0.613. The lowest BCUT2D eigenvalue weighted by atomic mass is 10.2. The van der Waals surface area contributed by atoms with E-state index in [0.29, 0.717) is 6.54 Å². The van der Waals surface area contributed by atoms with Crippen molar-refractivity contribution < 1.29 is 0 Å². The van der Waals surface area contributed by atoms with E-state index in [9.17, 15) is 0 Å². The van der Waals surface area contributed by atoms with Crippen LogP contribution >= 0.6 is 27.5 Å². The second kappa shape index (κ2) is 3.93. The summed E-state index contributed by atoms with van der Waals surface area (Å²) in [6, 6.07) is 5.88. The van der Waals surface area contributed by atoms with Crippen molar-refractivity contribution in [3.05, 3.63) is 33.9 Å². The average Bonchev–Trinajstić information content (AvgIpc) is 2.46. The zero-order valence-electron chi connectivity index (χ0n) is 7.50. The number of rotatable bonds is 2. The molecule has 1 aromatic carbocycles. The number of halogens is 2. The van der Waals surface area contributed by atoms with Gasteiger partial charge in [0.05, 0.1) is 10.5 Å². The smallest absolute Gasteiger partial charge is 0.0681 e. The molecule has 0 spiro atoms. The fourth-order valence-electron chi connectivity index (χ4n) is 1.59. The summed E-state index contributed by atoms with van der Waals surface area (Å²) in [7, 11) is 0. The van der Waals surface area contributed by atoms with Crippen LogP contribution in [0.1, 0.15) is 0 Å². The van der Waals surface area contributed by atoms with E-state index in [1.165, 1.54) is 0 Å². The SMILES string of the molecule is NCCn1cc(Br)c2cccc(Cl)c21. The maximum Gasteiger partial charge on any atom is 0.0681 e. The van der Waals surface area contributed by atoms with Gasteiger partial charge < -0.3 is 10.3 Å². The van der Waals surface area contributed by atoms with Gasteiger partial charge in [-0.3, -0.25) is 0 Å². The Bertz CT molecular complexity index is 464. The summed E-state index contributed by atoms with van der Waals surface area (Å²) >= 11 is 9.63. The lowest BCUT2D eigenvalue weighted by Crippen LogP contribution is -2.08. The number of aromatic nitrogens is 1. The molecule has 0 radical (unpaired) electrons. The molecular formula is C10H10BrClN2. The molecule has 2 rings (SSSR count). The molecule has 0 atom stereocenters. The molecule has 0 aliphatic carbocycles. The number of benzene rings is 1. The largest absolute Gasteiger partial charge is 0.344 e. The van der Waals surface area contributed by atoms with Gasteiger partial charge in [-0.1, -0.05) is 23.7 Å². The number of hydrogen-bond acceptors (Lipinski definition) is 1. The maximum atomic E-state index is 6.13. The molecule has 0 amide bonds. The van der Waals surface area contributed by atoms with Gasteiger partial charge >= 0.3 is 0 Å². The Labute approximate surface area is 95.8 Å². The second-order valence-corrected chi connectivity index (χ2v) is 4.36. The van der Waals surface area contributed by atoms with Gasteiger partial charge in [0, 0.05) is 29.1 Å². The van der Waals surface area contributed by atoms with Crippen LogP contribution in [-0.4, -0.2) is 11.1 Å². The molecule has 0 saturated carbocycles. The zero-order chi connectivity index (χ0) is 10.1. The number of nitrogens with zero attached hydrogens (tertiary/aromatic N) is 1. The van der Waals surface area contributed by atoms with Crippen LogP contribution in [0.4, 0.5) is 0 Å². The van der Waals surface area contributed by atoms with Crippen LogP contribution in [0.25, 0.3) is 10.9 Å². The zero-order valence-corrected chi connectivity index (χ0v) is 9.85. The minimum Gasteiger partial charge on any atom is -0.344 e. The molecule has 2 N–H and O–H groups in total. The van der Waals surface area contributed by atoms with Crippen molar-refractivity contribution >= 4 is 38.4 Å². The number of para-hydroxylation sites is 1. The first-order valence-corrected chi connectivity index (χ1v) is 5.54. The molecule has 74 valence electrons. The summed E-state index contributed by atoms with van der Waals surface area (Å²) in [6.07, 6.45) is 2.02. The van der Waals surface area contributed by atoms with Crippen LogP contribution in [0.3, 0.4) is 0 Å². The van der Waals surface area contributed by atoms with Crippen LogP contribution in [0.5, 0.6) is 0 Å². The van der Waals surface area contributed by atoms with E-state index in [0.717, 1.165) is 26.9 Å². The summed E-state index contributed by atoms with van der Waals surface area (Å²) in [6.45, 7) is 1.40. The van der Waals surface area contributed by atoms with Gasteiger partial charge in [0.25, 0.3) is 0 Å². The fourth-order valence-corrected chi connectivity index (χ4v) is 2.44. The quantitative estimate of drug-likeness (QED) is 0.896. The van der Waals surface area contributed by atoms with Crippen molar-refractivity contribution in [2.24, 2.45) is 5.73 Å². The Balaban J connectivity index is 2.72. The van der Waals surface area contributed by atoms with Gasteiger partial charge in [-0.15, -0.1) is 0 Å². The summed E-state index contributed by atoms with van der Waals surface area (Å²) < 4.78 is 3.13. The first-order chi connectivity index (χ1) is 6.74. The molecule has 1 heterocycles. The van der Waals surface area contributed by atoms with Crippen LogP contribution in [0.15, 0.2) is 28.9 Å². The van der Waals surface area contributed by atoms with Gasteiger partial charge in [0.2, 0.25) is 0 Å². The maximum absolute atomic E-state index is 6.13. The van der Waals surface area contributed by atoms with E-state index in [-0.39, 0.29) is 0 Å². The number of hydrogen-bond donors (Lipinski definition) is 1. The van der Waals surface area contributed by atoms with Crippen LogP contribution in [0.2, 0.25) is 5.02 Å². The summed E-state index contributed by atoms with van der Waals surface area (Å²) in [5, 5.41) is 1.90. The van der Waals surface area contributed by atoms with Crippen LogP contribution in [0, 0.1) is 0 Å². The minimum absolute atomic E-state index is 0.613. The third-order valence-corrected chi connectivity index (χ3v) is 3.11. The standard InChI is InChI=1S/C10H10BrClN2/c11-8-6-14(5-4-13)10-7(8)2-1-3-9(10)12/h1-3,6H,4-5,13H2. The molecule has 1 aromatic heterocycles. The highest BCUT2D eigenvalue weighted by atomic mass is 79.9. The van der Waals surface area contributed by atoms with Crippen molar-refractivity contribution in [3.8, 4) is 0 Å². The van der Waals surface area contributed by atoms with Crippen LogP contribution < -0.4 is 5.73 Å². The number of fused-ring (bicyclic) bond motifs is 1. The van der Waals surface area contributed by atoms with E-state index in [2.05, 4.69) is 20.5 Å².